The van der Waals surface area contributed by atoms with Gasteiger partial charge in [0.2, 0.25) is 0 Å². The van der Waals surface area contributed by atoms with E-state index in [9.17, 15) is 4.39 Å². The number of hydrogen-bond donors (Lipinski definition) is 0. The minimum absolute atomic E-state index is 0. The maximum atomic E-state index is 14.9. The largest absolute Gasteiger partial charge is 0.509 e. The first kappa shape index (κ1) is 45.8. The molecule has 8 aromatic rings. The van der Waals surface area contributed by atoms with E-state index in [1.54, 1.807) is 6.07 Å². The van der Waals surface area contributed by atoms with Gasteiger partial charge in [0.25, 0.3) is 0 Å². The van der Waals surface area contributed by atoms with Gasteiger partial charge in [0.1, 0.15) is 17.3 Å². The van der Waals surface area contributed by atoms with Crippen LogP contribution in [-0.2, 0) is 42.7 Å². The van der Waals surface area contributed by atoms with Crippen LogP contribution >= 0.6 is 0 Å². The Morgan fingerprint density at radius 3 is 1.91 bits per heavy atom. The normalized spacial score (nSPS) is 18.3. The number of fused-ring (bicyclic) bond motifs is 3. The van der Waals surface area contributed by atoms with Crippen molar-refractivity contribution in [3.63, 3.8) is 0 Å². The fourth-order valence-electron chi connectivity index (χ4n) is 9.89. The topological polar surface area (TPSA) is 27.1 Å². The Morgan fingerprint density at radius 2 is 1.23 bits per heavy atom. The summed E-state index contributed by atoms with van der Waals surface area (Å²) in [5, 5.41) is 1.87. The molecule has 0 amide bonds. The molecule has 11 rings (SSSR count). The summed E-state index contributed by atoms with van der Waals surface area (Å²) in [6.07, 6.45) is 1.83. The second kappa shape index (κ2) is 15.6. The molecule has 5 heterocycles. The zero-order valence-electron chi connectivity index (χ0n) is 40.3. The maximum absolute atomic E-state index is 14.9. The number of ether oxygens (including phenoxy) is 1. The molecule has 1 saturated heterocycles. The summed E-state index contributed by atoms with van der Waals surface area (Å²) in [6, 6.07) is 49.9. The Labute approximate surface area is 405 Å². The van der Waals surface area contributed by atoms with E-state index in [1.165, 1.54) is 50.9 Å². The Hall–Kier alpha value is -5.39. The first-order valence-electron chi connectivity index (χ1n) is 22.9. The molecule has 0 spiro atoms. The van der Waals surface area contributed by atoms with Crippen molar-refractivity contribution in [3.05, 3.63) is 174 Å². The van der Waals surface area contributed by atoms with Crippen LogP contribution in [0.25, 0.3) is 38.8 Å². The summed E-state index contributed by atoms with van der Waals surface area (Å²) in [6.45, 7) is 30.6. The molecule has 0 aliphatic carbocycles. The van der Waals surface area contributed by atoms with E-state index >= 15 is 0 Å². The second-order valence-corrected chi connectivity index (χ2v) is 22.5. The van der Waals surface area contributed by atoms with E-state index in [1.807, 2.05) is 41.1 Å². The predicted octanol–water partition coefficient (Wildman–Crippen LogP) is 15.9. The summed E-state index contributed by atoms with van der Waals surface area (Å²) < 4.78 is 24.8. The number of halogens is 1. The first-order valence-corrected chi connectivity index (χ1v) is 22.9. The zero-order chi connectivity index (χ0) is 46.1. The molecule has 0 saturated carbocycles. The van der Waals surface area contributed by atoms with Crippen LogP contribution in [0.2, 0.25) is 0 Å². The van der Waals surface area contributed by atoms with Crippen molar-refractivity contribution in [2.75, 3.05) is 6.67 Å². The molecule has 340 valence electrons. The molecule has 2 bridgehead atoms. The molecule has 0 unspecified atom stereocenters. The standard InChI is InChI=1S/C59H60FN4O.Pt/c1-56(2,3)39-17-13-16-38(28-39)48-20-15-21-53-55(48)64(45-30-41(58(7,8)9)29-42(31-45)59(10,11)12)36-63(53,37-64)44-18-14-19-46(34-44)65-47-23-25-50-49-24-22-43(60)33-51(49)62(52(50)35-47)54-32-40(26-27-61-54)57(4,5)6;/h13-33,36H,37H2,1-12H3;/q-1;/t63-,64+;/m1./s1. The van der Waals surface area contributed by atoms with E-state index in [4.69, 9.17) is 9.72 Å². The number of nitrogens with zero attached hydrogens (tertiary/aromatic N) is 4. The van der Waals surface area contributed by atoms with Crippen molar-refractivity contribution in [2.24, 2.45) is 0 Å². The SMILES string of the molecule is CC(C)(C)c1cccc(-c2cccc3c2[N@@+]2(c4cc(C(C)(C)C)cc(C(C)(C)C)c4)[CH-][N@+]3(c3[c-]c(Oc4[c-]c5c(cc4)c4ccc(F)cc4n5-c4cc(C(C)(C)C)ccn4)ccc3)C2)c1.[Pt]. The van der Waals surface area contributed by atoms with Gasteiger partial charge in [-0.3, -0.25) is 4.48 Å². The van der Waals surface area contributed by atoms with Crippen LogP contribution in [0.15, 0.2) is 128 Å². The number of aromatic nitrogens is 2. The molecule has 2 atom stereocenters. The van der Waals surface area contributed by atoms with E-state index in [0.717, 1.165) is 39.7 Å². The molecule has 5 nitrogen and oxygen atoms in total. The minimum Gasteiger partial charge on any atom is -0.509 e. The van der Waals surface area contributed by atoms with Gasteiger partial charge in [-0.2, -0.15) is 12.1 Å². The number of quaternary nitrogens is 2. The summed E-state index contributed by atoms with van der Waals surface area (Å²) in [5.41, 5.74) is 13.8. The van der Waals surface area contributed by atoms with Crippen LogP contribution < -0.4 is 13.7 Å². The number of benzene rings is 6. The van der Waals surface area contributed by atoms with Gasteiger partial charge >= 0.3 is 0 Å². The number of pyridine rings is 1. The average molecular weight is 1060 g/mol. The van der Waals surface area contributed by atoms with E-state index < -0.39 is 0 Å². The predicted molar refractivity (Wildman–Crippen MR) is 268 cm³/mol. The molecule has 0 radical (unpaired) electrons. The van der Waals surface area contributed by atoms with Crippen LogP contribution in [0, 0.1) is 24.6 Å². The molecular weight excluding hydrogens is 995 g/mol. The van der Waals surface area contributed by atoms with Crippen molar-refractivity contribution in [2.45, 2.75) is 105 Å². The first-order chi connectivity index (χ1) is 30.5. The van der Waals surface area contributed by atoms with Crippen LogP contribution in [0.5, 0.6) is 11.5 Å². The van der Waals surface area contributed by atoms with Gasteiger partial charge in [0, 0.05) is 73.7 Å². The van der Waals surface area contributed by atoms with Crippen LogP contribution in [0.4, 0.5) is 27.1 Å². The van der Waals surface area contributed by atoms with Gasteiger partial charge < -0.3 is 13.8 Å². The van der Waals surface area contributed by atoms with E-state index in [-0.39, 0.29) is 48.5 Å². The second-order valence-electron chi connectivity index (χ2n) is 22.5. The quantitative estimate of drug-likeness (QED) is 0.123. The van der Waals surface area contributed by atoms with Crippen molar-refractivity contribution in [1.82, 2.24) is 18.5 Å². The Bertz CT molecular complexity index is 3170. The maximum Gasteiger partial charge on any atom is 0.187 e. The fourth-order valence-corrected chi connectivity index (χ4v) is 9.89. The summed E-state index contributed by atoms with van der Waals surface area (Å²) in [4.78, 5) is 4.79. The van der Waals surface area contributed by atoms with E-state index in [2.05, 4.69) is 181 Å². The third kappa shape index (κ3) is 7.54. The number of rotatable bonds is 6. The van der Waals surface area contributed by atoms with Crippen LogP contribution in [0.3, 0.4) is 0 Å². The Morgan fingerprint density at radius 1 is 0.606 bits per heavy atom. The summed E-state index contributed by atoms with van der Waals surface area (Å²) in [5.74, 6) is 1.53. The average Bonchev–Trinajstić information content (AvgIpc) is 3.83. The van der Waals surface area contributed by atoms with Gasteiger partial charge in [0.15, 0.2) is 18.0 Å². The molecule has 6 aromatic carbocycles. The third-order valence-corrected chi connectivity index (χ3v) is 13.7. The molecule has 66 heavy (non-hydrogen) atoms. The third-order valence-electron chi connectivity index (χ3n) is 13.7. The molecule has 2 aromatic heterocycles. The summed E-state index contributed by atoms with van der Waals surface area (Å²) in [7, 11) is 0. The molecule has 0 N–H and O–H groups in total. The minimum atomic E-state index is -0.306. The number of para-hydroxylation sites is 1. The summed E-state index contributed by atoms with van der Waals surface area (Å²) >= 11 is 0. The van der Waals surface area contributed by atoms with Gasteiger partial charge in [0.05, 0.1) is 6.67 Å². The molecular formula is C59H60FN4OPt-. The van der Waals surface area contributed by atoms with Crippen LogP contribution in [-0.4, -0.2) is 16.2 Å². The van der Waals surface area contributed by atoms with Gasteiger partial charge in [-0.25, -0.2) is 9.37 Å². The Balaban J connectivity index is 0.00000548. The molecule has 3 aliphatic heterocycles. The zero-order valence-corrected chi connectivity index (χ0v) is 42.6. The van der Waals surface area contributed by atoms with Gasteiger partial charge in [-0.05, 0) is 85.2 Å². The van der Waals surface area contributed by atoms with Crippen molar-refractivity contribution >= 4 is 44.6 Å². The molecule has 1 fully saturated rings. The fraction of sp³-hybridized carbons (Fsp3) is 0.288. The molecule has 3 aliphatic rings. The van der Waals surface area contributed by atoms with E-state index in [0.29, 0.717) is 26.3 Å². The van der Waals surface area contributed by atoms with Crippen molar-refractivity contribution in [1.29, 1.82) is 0 Å². The van der Waals surface area contributed by atoms with Crippen LogP contribution in [0.1, 0.15) is 105 Å². The van der Waals surface area contributed by atoms with Crippen molar-refractivity contribution in [3.8, 4) is 28.4 Å². The number of hydrogen-bond acceptors (Lipinski definition) is 2. The monoisotopic (exact) mass is 1050 g/mol. The van der Waals surface area contributed by atoms with Gasteiger partial charge in [-0.15, -0.1) is 29.7 Å². The van der Waals surface area contributed by atoms with Gasteiger partial charge in [-0.1, -0.05) is 137 Å². The Kier molecular flexibility index (Phi) is 10.8. The van der Waals surface area contributed by atoms with Crippen molar-refractivity contribution < 1.29 is 30.2 Å². The molecule has 7 heteroatoms. The smallest absolute Gasteiger partial charge is 0.187 e.